The summed E-state index contributed by atoms with van der Waals surface area (Å²) in [4.78, 5) is 12.7. The second-order valence-corrected chi connectivity index (χ2v) is 8.31. The van der Waals surface area contributed by atoms with Crippen LogP contribution in [0, 0.1) is 11.7 Å². The van der Waals surface area contributed by atoms with Gasteiger partial charge in [0.05, 0.1) is 17.9 Å². The van der Waals surface area contributed by atoms with Crippen LogP contribution in [0.2, 0.25) is 0 Å². The highest BCUT2D eigenvalue weighted by atomic mass is 32.2. The van der Waals surface area contributed by atoms with E-state index < -0.39 is 15.9 Å². The number of halogens is 1. The molecule has 0 aromatic heterocycles. The maximum atomic E-state index is 13.0. The van der Waals surface area contributed by atoms with E-state index >= 15 is 0 Å². The maximum Gasteiger partial charge on any atom is 0.243 e. The number of hydrogen-bond donors (Lipinski definition) is 1. The van der Waals surface area contributed by atoms with Gasteiger partial charge in [0.1, 0.15) is 11.6 Å². The average Bonchev–Trinajstić information content (AvgIpc) is 2.70. The number of piperidine rings is 1. The third-order valence-electron chi connectivity index (χ3n) is 4.56. The summed E-state index contributed by atoms with van der Waals surface area (Å²) in [6.07, 6.45) is 1.19. The number of carbonyl (C=O) groups excluding carboxylic acids is 1. The van der Waals surface area contributed by atoms with Gasteiger partial charge in [-0.15, -0.1) is 0 Å². The van der Waals surface area contributed by atoms with Crippen molar-refractivity contribution in [3.05, 3.63) is 54.3 Å². The number of nitrogens with one attached hydrogen (secondary N) is 1. The lowest BCUT2D eigenvalue weighted by molar-refractivity contribution is -0.120. The number of ether oxygens (including phenoxy) is 1. The van der Waals surface area contributed by atoms with Crippen molar-refractivity contribution in [1.82, 2.24) is 4.31 Å². The summed E-state index contributed by atoms with van der Waals surface area (Å²) in [5.41, 5.74) is 0.483. The second-order valence-electron chi connectivity index (χ2n) is 6.37. The largest absolute Gasteiger partial charge is 0.497 e. The van der Waals surface area contributed by atoms with E-state index in [2.05, 4.69) is 5.32 Å². The predicted octanol–water partition coefficient (Wildman–Crippen LogP) is 2.87. The molecule has 8 heteroatoms. The van der Waals surface area contributed by atoms with Crippen LogP contribution in [0.25, 0.3) is 0 Å². The molecular weight excluding hydrogens is 371 g/mol. The molecule has 0 radical (unpaired) electrons. The Hall–Kier alpha value is -2.45. The molecule has 2 aromatic rings. The van der Waals surface area contributed by atoms with Gasteiger partial charge in [-0.05, 0) is 61.4 Å². The number of carbonyl (C=O) groups is 1. The van der Waals surface area contributed by atoms with Crippen LogP contribution >= 0.6 is 0 Å². The van der Waals surface area contributed by atoms with E-state index in [9.17, 15) is 17.6 Å². The fraction of sp³-hybridized carbons (Fsp3) is 0.316. The van der Waals surface area contributed by atoms with E-state index in [1.807, 2.05) is 0 Å². The van der Waals surface area contributed by atoms with E-state index in [4.69, 9.17) is 4.74 Å². The number of amides is 1. The number of nitrogens with zero attached hydrogens (tertiary/aromatic N) is 1. The third kappa shape index (κ3) is 4.45. The van der Waals surface area contributed by atoms with Crippen LogP contribution in [0.15, 0.2) is 53.4 Å². The van der Waals surface area contributed by atoms with Gasteiger partial charge in [-0.25, -0.2) is 12.8 Å². The zero-order valence-corrected chi connectivity index (χ0v) is 15.7. The molecule has 1 fully saturated rings. The zero-order valence-electron chi connectivity index (χ0n) is 14.9. The molecule has 3 rings (SSSR count). The lowest BCUT2D eigenvalue weighted by atomic mass is 9.99. The summed E-state index contributed by atoms with van der Waals surface area (Å²) < 4.78 is 45.1. The predicted molar refractivity (Wildman–Crippen MR) is 99.5 cm³/mol. The van der Waals surface area contributed by atoms with E-state index in [-0.39, 0.29) is 23.2 Å². The number of sulfonamides is 1. The molecule has 1 aliphatic rings. The SMILES string of the molecule is COc1ccc(S(=O)(=O)N2CCC[C@@H](C(=O)Nc3ccc(F)cc3)C2)cc1. The van der Waals surface area contributed by atoms with E-state index in [0.717, 1.165) is 0 Å². The molecule has 0 aliphatic carbocycles. The van der Waals surface area contributed by atoms with Gasteiger partial charge in [0.2, 0.25) is 15.9 Å². The van der Waals surface area contributed by atoms with Crippen LogP contribution in [-0.2, 0) is 14.8 Å². The highest BCUT2D eigenvalue weighted by molar-refractivity contribution is 7.89. The molecule has 1 saturated heterocycles. The Kier molecular flexibility index (Phi) is 5.76. The monoisotopic (exact) mass is 392 g/mol. The average molecular weight is 392 g/mol. The van der Waals surface area contributed by atoms with Crippen molar-refractivity contribution < 1.29 is 22.3 Å². The normalized spacial score (nSPS) is 18.1. The molecule has 1 heterocycles. The number of benzene rings is 2. The van der Waals surface area contributed by atoms with Gasteiger partial charge in [0.15, 0.2) is 0 Å². The summed E-state index contributed by atoms with van der Waals surface area (Å²) in [6, 6.07) is 11.6. The molecule has 1 atom stereocenters. The molecule has 27 heavy (non-hydrogen) atoms. The van der Waals surface area contributed by atoms with E-state index in [1.165, 1.54) is 47.8 Å². The number of anilines is 1. The van der Waals surface area contributed by atoms with Crippen LogP contribution in [0.5, 0.6) is 5.75 Å². The summed E-state index contributed by atoms with van der Waals surface area (Å²) in [6.45, 7) is 0.482. The molecular formula is C19H21FN2O4S. The fourth-order valence-corrected chi connectivity index (χ4v) is 4.57. The van der Waals surface area contributed by atoms with E-state index in [0.29, 0.717) is 30.8 Å². The van der Waals surface area contributed by atoms with Gasteiger partial charge in [-0.1, -0.05) is 0 Å². The van der Waals surface area contributed by atoms with Gasteiger partial charge in [0, 0.05) is 18.8 Å². The van der Waals surface area contributed by atoms with Crippen LogP contribution in [0.3, 0.4) is 0 Å². The minimum absolute atomic E-state index is 0.112. The first kappa shape index (κ1) is 19.3. The molecule has 0 bridgehead atoms. The van der Waals surface area contributed by atoms with Crippen LogP contribution < -0.4 is 10.1 Å². The minimum Gasteiger partial charge on any atom is -0.497 e. The summed E-state index contributed by atoms with van der Waals surface area (Å²) in [7, 11) is -2.17. The Morgan fingerprint density at radius 2 is 1.81 bits per heavy atom. The minimum atomic E-state index is -3.68. The molecule has 1 aliphatic heterocycles. The number of hydrogen-bond acceptors (Lipinski definition) is 4. The lowest BCUT2D eigenvalue weighted by Crippen LogP contribution is -2.43. The quantitative estimate of drug-likeness (QED) is 0.849. The first-order valence-electron chi connectivity index (χ1n) is 8.61. The number of methoxy groups -OCH3 is 1. The van der Waals surface area contributed by atoms with Gasteiger partial charge in [0.25, 0.3) is 0 Å². The van der Waals surface area contributed by atoms with Crippen molar-refractivity contribution in [2.24, 2.45) is 5.92 Å². The Balaban J connectivity index is 1.70. The molecule has 1 amide bonds. The smallest absolute Gasteiger partial charge is 0.243 e. The van der Waals surface area contributed by atoms with Crippen molar-refractivity contribution >= 4 is 21.6 Å². The summed E-state index contributed by atoms with van der Waals surface area (Å²) in [5.74, 6) is -0.542. The standard InChI is InChI=1S/C19H21FN2O4S/c1-26-17-8-10-18(11-9-17)27(24,25)22-12-2-3-14(13-22)19(23)21-16-6-4-15(20)5-7-16/h4-11,14H,2-3,12-13H2,1H3,(H,21,23)/t14-/m1/s1. The molecule has 1 N–H and O–H groups in total. The summed E-state index contributed by atoms with van der Waals surface area (Å²) in [5, 5.41) is 2.72. The second kappa shape index (κ2) is 8.06. The fourth-order valence-electron chi connectivity index (χ4n) is 3.05. The Labute approximate surface area is 158 Å². The van der Waals surface area contributed by atoms with Gasteiger partial charge < -0.3 is 10.1 Å². The van der Waals surface area contributed by atoms with Crippen LogP contribution in [0.4, 0.5) is 10.1 Å². The Bertz CT molecular complexity index is 898. The molecule has 0 saturated carbocycles. The van der Waals surface area contributed by atoms with Crippen LogP contribution in [-0.4, -0.2) is 38.8 Å². The molecule has 6 nitrogen and oxygen atoms in total. The number of rotatable bonds is 5. The first-order valence-corrected chi connectivity index (χ1v) is 10.0. The molecule has 0 unspecified atom stereocenters. The van der Waals surface area contributed by atoms with Crippen LogP contribution in [0.1, 0.15) is 12.8 Å². The van der Waals surface area contributed by atoms with Gasteiger partial charge >= 0.3 is 0 Å². The third-order valence-corrected chi connectivity index (χ3v) is 6.44. The highest BCUT2D eigenvalue weighted by Gasteiger charge is 2.33. The molecule has 2 aromatic carbocycles. The van der Waals surface area contributed by atoms with E-state index in [1.54, 1.807) is 12.1 Å². The zero-order chi connectivity index (χ0) is 19.4. The highest BCUT2D eigenvalue weighted by Crippen LogP contribution is 2.26. The summed E-state index contributed by atoms with van der Waals surface area (Å²) >= 11 is 0. The van der Waals surface area contributed by atoms with Gasteiger partial charge in [-0.3, -0.25) is 4.79 Å². The van der Waals surface area contributed by atoms with Gasteiger partial charge in [-0.2, -0.15) is 4.31 Å². The van der Waals surface area contributed by atoms with Crippen molar-refractivity contribution in [2.45, 2.75) is 17.7 Å². The van der Waals surface area contributed by atoms with Crippen molar-refractivity contribution in [1.29, 1.82) is 0 Å². The maximum absolute atomic E-state index is 13.0. The van der Waals surface area contributed by atoms with Crippen molar-refractivity contribution in [2.75, 3.05) is 25.5 Å². The Morgan fingerprint density at radius 1 is 1.15 bits per heavy atom. The van der Waals surface area contributed by atoms with Crippen molar-refractivity contribution in [3.8, 4) is 5.75 Å². The first-order chi connectivity index (χ1) is 12.9. The lowest BCUT2D eigenvalue weighted by Gasteiger charge is -2.31. The Morgan fingerprint density at radius 3 is 2.44 bits per heavy atom. The topological polar surface area (TPSA) is 75.7 Å². The molecule has 144 valence electrons. The molecule has 0 spiro atoms. The van der Waals surface area contributed by atoms with Crippen molar-refractivity contribution in [3.63, 3.8) is 0 Å².